The normalized spacial score (nSPS) is 14.9. The van der Waals surface area contributed by atoms with E-state index >= 15 is 0 Å². The van der Waals surface area contributed by atoms with E-state index in [9.17, 15) is 26.4 Å². The van der Waals surface area contributed by atoms with Gasteiger partial charge in [-0.3, -0.25) is 4.79 Å². The average Bonchev–Trinajstić information content (AvgIpc) is 3.35. The van der Waals surface area contributed by atoms with E-state index in [4.69, 9.17) is 9.90 Å². The molecule has 0 radical (unpaired) electrons. The second-order valence-corrected chi connectivity index (χ2v) is 11.3. The van der Waals surface area contributed by atoms with Crippen LogP contribution in [0.1, 0.15) is 31.9 Å². The molecular formula is C19H25F3N4O5S3. The molecule has 9 nitrogen and oxygen atoms in total. The number of amides is 1. The van der Waals surface area contributed by atoms with E-state index in [-0.39, 0.29) is 5.91 Å². The number of nitrogens with one attached hydrogen (secondary N) is 2. The average molecular weight is 543 g/mol. The summed E-state index contributed by atoms with van der Waals surface area (Å²) in [5, 5.41) is 12.1. The molecule has 1 amide bonds. The summed E-state index contributed by atoms with van der Waals surface area (Å²) in [4.78, 5) is 27.6. The molecule has 34 heavy (non-hydrogen) atoms. The van der Waals surface area contributed by atoms with Gasteiger partial charge < -0.3 is 15.3 Å². The number of aryl methyl sites for hydroxylation is 1. The van der Waals surface area contributed by atoms with Crippen molar-refractivity contribution in [2.24, 2.45) is 0 Å². The van der Waals surface area contributed by atoms with Gasteiger partial charge in [0.15, 0.2) is 5.13 Å². The smallest absolute Gasteiger partial charge is 0.475 e. The van der Waals surface area contributed by atoms with Gasteiger partial charge in [-0.05, 0) is 38.9 Å². The van der Waals surface area contributed by atoms with Gasteiger partial charge in [0.05, 0.1) is 10.6 Å². The highest BCUT2D eigenvalue weighted by molar-refractivity contribution is 7.91. The van der Waals surface area contributed by atoms with Gasteiger partial charge in [0.25, 0.3) is 0 Å². The minimum Gasteiger partial charge on any atom is -0.475 e. The van der Waals surface area contributed by atoms with Crippen LogP contribution in [0.25, 0.3) is 10.4 Å². The SMILES string of the molecule is CC(=O)Nc1nc(C)c(-c2csc(S(=O)(=O)NCCN3CCCCC3)c2)s1.O=C(O)C(F)(F)F. The number of sulfonamides is 1. The highest BCUT2D eigenvalue weighted by Gasteiger charge is 2.38. The molecule has 0 unspecified atom stereocenters. The van der Waals surface area contributed by atoms with E-state index in [1.165, 1.54) is 48.9 Å². The summed E-state index contributed by atoms with van der Waals surface area (Å²) in [5.41, 5.74) is 1.58. The summed E-state index contributed by atoms with van der Waals surface area (Å²) in [5.74, 6) is -2.94. The number of piperidine rings is 1. The number of carboxylic acids is 1. The zero-order valence-corrected chi connectivity index (χ0v) is 20.9. The Morgan fingerprint density at radius 2 is 1.85 bits per heavy atom. The van der Waals surface area contributed by atoms with Crippen molar-refractivity contribution in [3.05, 3.63) is 17.1 Å². The van der Waals surface area contributed by atoms with E-state index in [0.29, 0.717) is 15.9 Å². The third-order valence-corrected chi connectivity index (χ3v) is 8.62. The number of thiazole rings is 1. The maximum Gasteiger partial charge on any atom is 0.490 e. The van der Waals surface area contributed by atoms with Crippen LogP contribution in [0.15, 0.2) is 15.7 Å². The Morgan fingerprint density at radius 3 is 2.41 bits per heavy atom. The molecule has 190 valence electrons. The summed E-state index contributed by atoms with van der Waals surface area (Å²) >= 11 is 2.54. The van der Waals surface area contributed by atoms with Crippen LogP contribution >= 0.6 is 22.7 Å². The van der Waals surface area contributed by atoms with Gasteiger partial charge in [-0.25, -0.2) is 22.9 Å². The van der Waals surface area contributed by atoms with Crippen molar-refractivity contribution < 1.29 is 36.3 Å². The number of alkyl halides is 3. The lowest BCUT2D eigenvalue weighted by atomic mass is 10.1. The highest BCUT2D eigenvalue weighted by atomic mass is 32.2. The maximum atomic E-state index is 12.6. The third-order valence-electron chi connectivity index (χ3n) is 4.59. The van der Waals surface area contributed by atoms with Crippen LogP contribution in [0.4, 0.5) is 18.3 Å². The van der Waals surface area contributed by atoms with Gasteiger partial charge in [0, 0.05) is 31.0 Å². The molecule has 3 heterocycles. The third kappa shape index (κ3) is 8.61. The number of nitrogens with zero attached hydrogens (tertiary/aromatic N) is 2. The number of hydrogen-bond donors (Lipinski definition) is 3. The quantitative estimate of drug-likeness (QED) is 0.488. The first kappa shape index (κ1) is 28.2. The highest BCUT2D eigenvalue weighted by Crippen LogP contribution is 2.36. The van der Waals surface area contributed by atoms with Crippen LogP contribution in [-0.2, 0) is 19.6 Å². The molecule has 1 saturated heterocycles. The Labute approximate surface area is 203 Å². The Morgan fingerprint density at radius 1 is 1.24 bits per heavy atom. The van der Waals surface area contributed by atoms with Gasteiger partial charge in [-0.1, -0.05) is 17.8 Å². The van der Waals surface area contributed by atoms with Crippen molar-refractivity contribution in [1.29, 1.82) is 0 Å². The summed E-state index contributed by atoms with van der Waals surface area (Å²) < 4.78 is 59.9. The number of aromatic nitrogens is 1. The summed E-state index contributed by atoms with van der Waals surface area (Å²) in [6.45, 7) is 6.53. The Bertz CT molecular complexity index is 1090. The van der Waals surface area contributed by atoms with E-state index < -0.39 is 22.2 Å². The number of carbonyl (C=O) groups excluding carboxylic acids is 1. The number of halogens is 3. The Hall–Kier alpha value is -2.07. The van der Waals surface area contributed by atoms with Crippen LogP contribution in [-0.4, -0.2) is 67.6 Å². The van der Waals surface area contributed by atoms with E-state index in [2.05, 4.69) is 19.9 Å². The molecule has 15 heteroatoms. The molecule has 2 aromatic heterocycles. The number of carboxylic acid groups (broad SMARTS) is 1. The number of anilines is 1. The van der Waals surface area contributed by atoms with E-state index in [1.54, 1.807) is 6.07 Å². The molecule has 0 aromatic carbocycles. The number of hydrogen-bond acceptors (Lipinski definition) is 8. The number of thiophene rings is 1. The molecule has 0 saturated carbocycles. The van der Waals surface area contributed by atoms with Crippen molar-refractivity contribution in [3.63, 3.8) is 0 Å². The fourth-order valence-electron chi connectivity index (χ4n) is 3.04. The van der Waals surface area contributed by atoms with Crippen LogP contribution in [0.5, 0.6) is 0 Å². The summed E-state index contributed by atoms with van der Waals surface area (Å²) in [7, 11) is -3.52. The zero-order valence-electron chi connectivity index (χ0n) is 18.4. The van der Waals surface area contributed by atoms with Crippen LogP contribution in [0, 0.1) is 6.92 Å². The predicted octanol–water partition coefficient (Wildman–Crippen LogP) is 3.54. The van der Waals surface area contributed by atoms with Crippen LogP contribution in [0.3, 0.4) is 0 Å². The second-order valence-electron chi connectivity index (χ2n) is 7.37. The molecule has 3 N–H and O–H groups in total. The molecule has 1 aliphatic heterocycles. The fraction of sp³-hybridized carbons (Fsp3) is 0.526. The lowest BCUT2D eigenvalue weighted by Gasteiger charge is -2.26. The standard InChI is InChI=1S/C17H24N4O3S3.C2HF3O2/c1-12-16(26-17(19-12)20-13(2)22)14-10-15(25-11-14)27(23,24)18-6-9-21-7-4-3-5-8-21;3-2(4,5)1(6)7/h10-11,18H,3-9H2,1-2H3,(H,19,20,22);(H,6,7). The first-order chi connectivity index (χ1) is 15.8. The summed E-state index contributed by atoms with van der Waals surface area (Å²) in [6.07, 6.45) is -1.44. The number of rotatable bonds is 7. The number of likely N-dealkylation sites (tertiary alicyclic amines) is 1. The molecule has 1 aliphatic rings. The van der Waals surface area contributed by atoms with E-state index in [1.807, 2.05) is 12.3 Å². The number of carbonyl (C=O) groups is 2. The Kier molecular flexibility index (Phi) is 9.99. The number of aliphatic carboxylic acids is 1. The first-order valence-electron chi connectivity index (χ1n) is 10.2. The zero-order chi connectivity index (χ0) is 25.5. The van der Waals surface area contributed by atoms with Crippen molar-refractivity contribution >= 4 is 49.7 Å². The first-order valence-corrected chi connectivity index (χ1v) is 13.3. The molecule has 2 aromatic rings. The molecular weight excluding hydrogens is 517 g/mol. The predicted molar refractivity (Wildman–Crippen MR) is 124 cm³/mol. The molecule has 0 bridgehead atoms. The van der Waals surface area contributed by atoms with Gasteiger partial charge >= 0.3 is 12.1 Å². The maximum absolute atomic E-state index is 12.6. The lowest BCUT2D eigenvalue weighted by Crippen LogP contribution is -2.37. The van der Waals surface area contributed by atoms with Gasteiger partial charge in [0.2, 0.25) is 15.9 Å². The van der Waals surface area contributed by atoms with E-state index in [0.717, 1.165) is 35.8 Å². The van der Waals surface area contributed by atoms with Gasteiger partial charge in [-0.15, -0.1) is 11.3 Å². The van der Waals surface area contributed by atoms with Crippen molar-refractivity contribution in [2.45, 2.75) is 43.5 Å². The van der Waals surface area contributed by atoms with Gasteiger partial charge in [-0.2, -0.15) is 13.2 Å². The van der Waals surface area contributed by atoms with Crippen molar-refractivity contribution in [3.8, 4) is 10.4 Å². The molecule has 0 atom stereocenters. The molecule has 0 spiro atoms. The topological polar surface area (TPSA) is 129 Å². The lowest BCUT2D eigenvalue weighted by molar-refractivity contribution is -0.192. The minimum atomic E-state index is -5.08. The fourth-order valence-corrected chi connectivity index (χ4v) is 6.35. The van der Waals surface area contributed by atoms with Crippen molar-refractivity contribution in [2.75, 3.05) is 31.5 Å². The van der Waals surface area contributed by atoms with Crippen LogP contribution < -0.4 is 10.0 Å². The molecule has 3 rings (SSSR count). The minimum absolute atomic E-state index is 0.179. The molecule has 1 fully saturated rings. The van der Waals surface area contributed by atoms with Crippen molar-refractivity contribution in [1.82, 2.24) is 14.6 Å². The largest absolute Gasteiger partial charge is 0.490 e. The Balaban J connectivity index is 0.000000509. The monoisotopic (exact) mass is 542 g/mol. The summed E-state index contributed by atoms with van der Waals surface area (Å²) in [6, 6.07) is 1.67. The molecule has 0 aliphatic carbocycles. The van der Waals surface area contributed by atoms with Gasteiger partial charge in [0.1, 0.15) is 4.21 Å². The second kappa shape index (κ2) is 12.1. The van der Waals surface area contributed by atoms with Crippen LogP contribution in [0.2, 0.25) is 0 Å².